The second-order valence-electron chi connectivity index (χ2n) is 5.62. The van der Waals surface area contributed by atoms with E-state index in [1.807, 2.05) is 0 Å². The lowest BCUT2D eigenvalue weighted by Crippen LogP contribution is -3.00. The van der Waals surface area contributed by atoms with Gasteiger partial charge in [-0.25, -0.2) is 0 Å². The van der Waals surface area contributed by atoms with Crippen molar-refractivity contribution in [1.29, 1.82) is 0 Å². The molecule has 0 aliphatic heterocycles. The zero-order valence-corrected chi connectivity index (χ0v) is 16.0. The fourth-order valence-electron chi connectivity index (χ4n) is 3.19. The molecule has 0 heterocycles. The van der Waals surface area contributed by atoms with Gasteiger partial charge in [-0.15, -0.1) is 0 Å². The highest BCUT2D eigenvalue weighted by Gasteiger charge is 2.44. The molecule has 0 unspecified atom stereocenters. The summed E-state index contributed by atoms with van der Waals surface area (Å²) in [5, 5.41) is 13.6. The summed E-state index contributed by atoms with van der Waals surface area (Å²) < 4.78 is 0. The van der Waals surface area contributed by atoms with E-state index >= 15 is 0 Å². The monoisotopic (exact) mass is 400 g/mol. The summed E-state index contributed by atoms with van der Waals surface area (Å²) in [4.78, 5) is 0. The summed E-state index contributed by atoms with van der Waals surface area (Å²) >= 11 is 0. The molecule has 0 saturated heterocycles. The second-order valence-corrected chi connectivity index (χ2v) is 9.23. The molecule has 0 aliphatic rings. The molecule has 3 rings (SSSR count). The number of hydrogen-bond donors (Lipinski definition) is 1. The average molecular weight is 401 g/mol. The average Bonchev–Trinajstić information content (AvgIpc) is 2.65. The summed E-state index contributed by atoms with van der Waals surface area (Å²) in [6, 6.07) is 32.4. The van der Waals surface area contributed by atoms with Crippen molar-refractivity contribution in [3.63, 3.8) is 0 Å². The van der Waals surface area contributed by atoms with Crippen LogP contribution >= 0.6 is 7.26 Å². The van der Waals surface area contributed by atoms with E-state index < -0.39 is 7.26 Å². The van der Waals surface area contributed by atoms with Gasteiger partial charge in [0.15, 0.2) is 0 Å². The molecule has 124 valence electrons. The third kappa shape index (κ3) is 3.78. The van der Waals surface area contributed by atoms with Gasteiger partial charge in [-0.05, 0) is 36.4 Å². The Balaban J connectivity index is 0.00000208. The molecule has 0 bridgehead atoms. The van der Waals surface area contributed by atoms with Crippen LogP contribution in [0.3, 0.4) is 0 Å². The molecule has 0 radical (unpaired) electrons. The lowest BCUT2D eigenvalue weighted by Gasteiger charge is -2.27. The first-order valence-corrected chi connectivity index (χ1v) is 10.0. The minimum Gasteiger partial charge on any atom is -1.00 e. The molecule has 0 aromatic heterocycles. The third-order valence-electron chi connectivity index (χ3n) is 4.24. The Kier molecular flexibility index (Phi) is 7.17. The summed E-state index contributed by atoms with van der Waals surface area (Å²) in [5.41, 5.74) is 0. The molecule has 0 fully saturated rings. The smallest absolute Gasteiger partial charge is 0.112 e. The van der Waals surface area contributed by atoms with Gasteiger partial charge >= 0.3 is 0 Å². The number of hydrogen-bond acceptors (Lipinski definition) is 1. The first-order chi connectivity index (χ1) is 11.4. The van der Waals surface area contributed by atoms with Crippen LogP contribution in [0, 0.1) is 0 Å². The quantitative estimate of drug-likeness (QED) is 0.592. The van der Waals surface area contributed by atoms with Gasteiger partial charge in [-0.1, -0.05) is 54.6 Å². The highest BCUT2D eigenvalue weighted by molar-refractivity contribution is 7.95. The first-order valence-electron chi connectivity index (χ1n) is 8.04. The molecule has 1 N–H and O–H groups in total. The number of benzene rings is 3. The molecule has 0 saturated carbocycles. The molecule has 24 heavy (non-hydrogen) atoms. The van der Waals surface area contributed by atoms with Crippen molar-refractivity contribution >= 4 is 23.2 Å². The van der Waals surface area contributed by atoms with Crippen LogP contribution in [0.15, 0.2) is 91.0 Å². The summed E-state index contributed by atoms with van der Waals surface area (Å²) in [6.45, 7) is 0.230. The van der Waals surface area contributed by atoms with E-state index in [1.54, 1.807) is 0 Å². The van der Waals surface area contributed by atoms with E-state index in [0.29, 0.717) is 0 Å². The summed E-state index contributed by atoms with van der Waals surface area (Å²) in [6.07, 6.45) is 1.80. The van der Waals surface area contributed by atoms with E-state index in [2.05, 4.69) is 91.0 Å². The number of rotatable bonds is 6. The predicted molar refractivity (Wildman–Crippen MR) is 102 cm³/mol. The van der Waals surface area contributed by atoms with Gasteiger partial charge in [0.05, 0.1) is 6.16 Å². The maximum Gasteiger partial charge on any atom is 0.112 e. The Morgan fingerprint density at radius 1 is 0.583 bits per heavy atom. The zero-order valence-electron chi connectivity index (χ0n) is 13.6. The van der Waals surface area contributed by atoms with Crippen LogP contribution in [0.1, 0.15) is 6.42 Å². The highest BCUT2D eigenvalue weighted by Crippen LogP contribution is 2.55. The van der Waals surface area contributed by atoms with Gasteiger partial charge in [0.2, 0.25) is 0 Å². The van der Waals surface area contributed by atoms with Crippen molar-refractivity contribution in [2.45, 2.75) is 6.42 Å². The molecule has 0 amide bonds. The fourth-order valence-corrected chi connectivity index (χ4v) is 7.52. The minimum atomic E-state index is -1.73. The Morgan fingerprint density at radius 3 is 1.21 bits per heavy atom. The Bertz CT molecular complexity index is 620. The van der Waals surface area contributed by atoms with E-state index in [9.17, 15) is 5.11 Å². The maximum absolute atomic E-state index is 9.49. The maximum atomic E-state index is 9.49. The second kappa shape index (κ2) is 9.13. The van der Waals surface area contributed by atoms with E-state index in [4.69, 9.17) is 0 Å². The summed E-state index contributed by atoms with van der Waals surface area (Å²) in [7, 11) is -1.73. The Labute approximate surface area is 155 Å². The van der Waals surface area contributed by atoms with Crippen molar-refractivity contribution in [3.05, 3.63) is 91.0 Å². The predicted octanol–water partition coefficient (Wildman–Crippen LogP) is 0.367. The fraction of sp³-hybridized carbons (Fsp3) is 0.143. The zero-order chi connectivity index (χ0) is 16.0. The van der Waals surface area contributed by atoms with Crippen LogP contribution < -0.4 is 32.9 Å². The normalized spacial score (nSPS) is 10.9. The van der Waals surface area contributed by atoms with Crippen LogP contribution in [0.25, 0.3) is 0 Å². The van der Waals surface area contributed by atoms with Gasteiger partial charge in [0, 0.05) is 13.0 Å². The van der Waals surface area contributed by atoms with Crippen LogP contribution in [-0.4, -0.2) is 17.9 Å². The van der Waals surface area contributed by atoms with Crippen LogP contribution in [0.5, 0.6) is 0 Å². The number of halogens is 1. The molecule has 0 aliphatic carbocycles. The SMILES string of the molecule is OCCC[P+](c1ccccc1)(c1ccccc1)c1ccccc1.[Br-]. The third-order valence-corrected chi connectivity index (χ3v) is 8.77. The van der Waals surface area contributed by atoms with Gasteiger partial charge in [-0.3, -0.25) is 0 Å². The van der Waals surface area contributed by atoms with Crippen LogP contribution in [0.2, 0.25) is 0 Å². The molecule has 0 atom stereocenters. The molecule has 3 aromatic carbocycles. The van der Waals surface area contributed by atoms with E-state index in [-0.39, 0.29) is 23.6 Å². The van der Waals surface area contributed by atoms with Gasteiger partial charge in [-0.2, -0.15) is 0 Å². The lowest BCUT2D eigenvalue weighted by atomic mass is 10.4. The summed E-state index contributed by atoms with van der Waals surface area (Å²) in [5.74, 6) is 0. The number of aliphatic hydroxyl groups is 1. The van der Waals surface area contributed by atoms with Gasteiger partial charge in [0.1, 0.15) is 23.2 Å². The van der Waals surface area contributed by atoms with Gasteiger partial charge in [0.25, 0.3) is 0 Å². The van der Waals surface area contributed by atoms with Crippen molar-refractivity contribution < 1.29 is 22.1 Å². The van der Waals surface area contributed by atoms with Crippen molar-refractivity contribution in [2.75, 3.05) is 12.8 Å². The molecule has 3 heteroatoms. The van der Waals surface area contributed by atoms with Crippen molar-refractivity contribution in [2.24, 2.45) is 0 Å². The molecule has 0 spiro atoms. The van der Waals surface area contributed by atoms with Crippen molar-refractivity contribution in [1.82, 2.24) is 0 Å². The molecule has 3 aromatic rings. The number of aliphatic hydroxyl groups excluding tert-OH is 1. The van der Waals surface area contributed by atoms with E-state index in [0.717, 1.165) is 12.6 Å². The van der Waals surface area contributed by atoms with E-state index in [1.165, 1.54) is 15.9 Å². The van der Waals surface area contributed by atoms with Crippen LogP contribution in [-0.2, 0) is 0 Å². The van der Waals surface area contributed by atoms with Crippen molar-refractivity contribution in [3.8, 4) is 0 Å². The minimum absolute atomic E-state index is 0. The molecule has 1 nitrogen and oxygen atoms in total. The Hall–Kier alpha value is -1.47. The topological polar surface area (TPSA) is 20.2 Å². The molecular formula is C21H22BrOP. The van der Waals surface area contributed by atoms with Crippen LogP contribution in [0.4, 0.5) is 0 Å². The first kappa shape index (κ1) is 18.9. The highest BCUT2D eigenvalue weighted by atomic mass is 79.9. The Morgan fingerprint density at radius 2 is 0.917 bits per heavy atom. The largest absolute Gasteiger partial charge is 1.00 e. The van der Waals surface area contributed by atoms with Gasteiger partial charge < -0.3 is 22.1 Å². The molecular weight excluding hydrogens is 379 g/mol. The lowest BCUT2D eigenvalue weighted by molar-refractivity contribution is -0.00000555. The standard InChI is InChI=1S/C21H22OP.BrH/c22-17-10-18-23(19-11-4-1-5-12-19,20-13-6-2-7-14-20)21-15-8-3-9-16-21;/h1-9,11-16,22H,10,17-18H2;1H/q+1;/p-1.